The Labute approximate surface area is 194 Å². The van der Waals surface area contributed by atoms with Gasteiger partial charge >= 0.3 is 6.03 Å². The van der Waals surface area contributed by atoms with Gasteiger partial charge in [0.2, 0.25) is 5.91 Å². The van der Waals surface area contributed by atoms with Crippen LogP contribution in [-0.4, -0.2) is 61.2 Å². The molecule has 0 saturated carbocycles. The number of aromatic nitrogens is 1. The summed E-state index contributed by atoms with van der Waals surface area (Å²) >= 11 is 0. The molecule has 1 saturated heterocycles. The number of hydrogen-bond acceptors (Lipinski definition) is 7. The van der Waals surface area contributed by atoms with Crippen LogP contribution in [0.1, 0.15) is 26.7 Å². The molecule has 0 spiro atoms. The van der Waals surface area contributed by atoms with Crippen molar-refractivity contribution in [1.82, 2.24) is 14.9 Å². The van der Waals surface area contributed by atoms with Gasteiger partial charge in [-0.2, -0.15) is 5.01 Å². The summed E-state index contributed by atoms with van der Waals surface area (Å²) in [6.07, 6.45) is 4.33. The Hall–Kier alpha value is -2.98. The number of imide groups is 1. The molecule has 2 heterocycles. The van der Waals surface area contributed by atoms with Crippen LogP contribution in [0.3, 0.4) is 0 Å². The van der Waals surface area contributed by atoms with E-state index < -0.39 is 21.8 Å². The molecule has 1 aliphatic heterocycles. The van der Waals surface area contributed by atoms with Crippen LogP contribution < -0.4 is 10.6 Å². The van der Waals surface area contributed by atoms with Crippen LogP contribution in [0.15, 0.2) is 47.5 Å². The lowest BCUT2D eigenvalue weighted by atomic mass is 9.98. The van der Waals surface area contributed by atoms with Gasteiger partial charge in [0.15, 0.2) is 9.84 Å². The van der Waals surface area contributed by atoms with Gasteiger partial charge in [0.25, 0.3) is 0 Å². The zero-order valence-electron chi connectivity index (χ0n) is 19.1. The van der Waals surface area contributed by atoms with Gasteiger partial charge < -0.3 is 9.64 Å². The molecule has 2 N–H and O–H groups in total. The molecular weight excluding hydrogens is 444 g/mol. The highest BCUT2D eigenvalue weighted by Crippen LogP contribution is 2.23. The first kappa shape index (κ1) is 24.7. The summed E-state index contributed by atoms with van der Waals surface area (Å²) in [7, 11) is -3.23. The zero-order valence-corrected chi connectivity index (χ0v) is 19.9. The number of piperidine rings is 1. The number of rotatable bonds is 6. The third-order valence-corrected chi connectivity index (χ3v) is 6.75. The number of hydrazine groups is 1. The molecule has 9 nitrogen and oxygen atoms in total. The van der Waals surface area contributed by atoms with Crippen molar-refractivity contribution in [3.63, 3.8) is 0 Å². The third-order valence-electron chi connectivity index (χ3n) is 5.62. The van der Waals surface area contributed by atoms with Crippen molar-refractivity contribution in [2.45, 2.75) is 31.6 Å². The number of likely N-dealkylation sites (tertiary alicyclic amines) is 1. The second-order valence-electron chi connectivity index (χ2n) is 8.56. The van der Waals surface area contributed by atoms with Gasteiger partial charge in [0, 0.05) is 30.8 Å². The average Bonchev–Trinajstić information content (AvgIpc) is 2.81. The van der Waals surface area contributed by atoms with E-state index in [1.54, 1.807) is 49.2 Å². The number of amides is 3. The molecule has 0 unspecified atom stereocenters. The summed E-state index contributed by atoms with van der Waals surface area (Å²) in [5, 5.41) is 0.712. The van der Waals surface area contributed by atoms with Crippen LogP contribution in [0.2, 0.25) is 0 Å². The zero-order chi connectivity index (χ0) is 24.2. The van der Waals surface area contributed by atoms with E-state index in [-0.39, 0.29) is 16.7 Å². The molecule has 0 radical (unpaired) electrons. The highest BCUT2D eigenvalue weighted by atomic mass is 32.2. The van der Waals surface area contributed by atoms with Crippen LogP contribution in [0.4, 0.5) is 4.79 Å². The fourth-order valence-electron chi connectivity index (χ4n) is 3.54. The second-order valence-corrected chi connectivity index (χ2v) is 10.6. The minimum absolute atomic E-state index is 0.268. The lowest BCUT2D eigenvalue weighted by Gasteiger charge is -2.33. The summed E-state index contributed by atoms with van der Waals surface area (Å²) in [5.74, 6) is 5.87. The molecule has 1 aromatic heterocycles. The number of pyridine rings is 1. The largest absolute Gasteiger partial charge is 0.492 e. The monoisotopic (exact) mass is 474 g/mol. The fourth-order valence-corrected chi connectivity index (χ4v) is 4.17. The maximum absolute atomic E-state index is 12.4. The van der Waals surface area contributed by atoms with Crippen LogP contribution in [0.25, 0.3) is 11.3 Å². The van der Waals surface area contributed by atoms with E-state index in [1.807, 2.05) is 12.1 Å². The number of benzene rings is 1. The van der Waals surface area contributed by atoms with Crippen molar-refractivity contribution in [3.8, 4) is 17.0 Å². The van der Waals surface area contributed by atoms with Crippen LogP contribution >= 0.6 is 0 Å². The van der Waals surface area contributed by atoms with Crippen LogP contribution in [0, 0.1) is 11.8 Å². The lowest BCUT2D eigenvalue weighted by molar-refractivity contribution is -0.132. The number of carbonyl (C=O) groups excluding carboxylic acids is 2. The molecule has 0 bridgehead atoms. The number of ether oxygens (including phenoxy) is 1. The summed E-state index contributed by atoms with van der Waals surface area (Å²) in [4.78, 5) is 30.6. The molecule has 1 aromatic carbocycles. The summed E-state index contributed by atoms with van der Waals surface area (Å²) in [5.41, 5.74) is 1.53. The van der Waals surface area contributed by atoms with Crippen molar-refractivity contribution in [2.75, 3.05) is 26.0 Å². The lowest BCUT2D eigenvalue weighted by Crippen LogP contribution is -2.53. The van der Waals surface area contributed by atoms with E-state index in [4.69, 9.17) is 10.6 Å². The Kier molecular flexibility index (Phi) is 7.70. The van der Waals surface area contributed by atoms with E-state index in [2.05, 4.69) is 4.98 Å². The van der Waals surface area contributed by atoms with E-state index in [1.165, 1.54) is 6.26 Å². The van der Waals surface area contributed by atoms with Crippen molar-refractivity contribution < 1.29 is 22.7 Å². The Morgan fingerprint density at radius 1 is 1.15 bits per heavy atom. The highest BCUT2D eigenvalue weighted by Gasteiger charge is 2.29. The average molecular weight is 475 g/mol. The van der Waals surface area contributed by atoms with Gasteiger partial charge in [-0.05, 0) is 43.0 Å². The maximum Gasteiger partial charge on any atom is 0.341 e. The van der Waals surface area contributed by atoms with Crippen LogP contribution in [0.5, 0.6) is 5.75 Å². The fraction of sp³-hybridized carbons (Fsp3) is 0.435. The molecular formula is C23H30N4O5S. The van der Waals surface area contributed by atoms with Crippen LogP contribution in [-0.2, 0) is 14.6 Å². The minimum atomic E-state index is -3.23. The minimum Gasteiger partial charge on any atom is -0.492 e. The van der Waals surface area contributed by atoms with E-state index in [0.29, 0.717) is 30.5 Å². The summed E-state index contributed by atoms with van der Waals surface area (Å²) in [6, 6.07) is 9.78. The molecule has 3 rings (SSSR count). The Bertz CT molecular complexity index is 1080. The van der Waals surface area contributed by atoms with E-state index in [0.717, 1.165) is 24.1 Å². The van der Waals surface area contributed by atoms with Crippen molar-refractivity contribution >= 4 is 21.8 Å². The molecule has 2 aromatic rings. The number of carbonyl (C=O) groups is 2. The Morgan fingerprint density at radius 2 is 1.79 bits per heavy atom. The van der Waals surface area contributed by atoms with Gasteiger partial charge in [-0.1, -0.05) is 26.0 Å². The smallest absolute Gasteiger partial charge is 0.341 e. The van der Waals surface area contributed by atoms with Gasteiger partial charge in [0.1, 0.15) is 5.75 Å². The quantitative estimate of drug-likeness (QED) is 0.388. The molecule has 0 atom stereocenters. The Balaban J connectivity index is 1.49. The number of urea groups is 1. The molecule has 33 heavy (non-hydrogen) atoms. The number of nitrogens with zero attached hydrogens (tertiary/aromatic N) is 3. The first-order chi connectivity index (χ1) is 15.6. The van der Waals surface area contributed by atoms with E-state index >= 15 is 0 Å². The third kappa shape index (κ3) is 6.29. The predicted molar refractivity (Wildman–Crippen MR) is 124 cm³/mol. The predicted octanol–water partition coefficient (Wildman–Crippen LogP) is 2.72. The van der Waals surface area contributed by atoms with E-state index in [9.17, 15) is 18.0 Å². The summed E-state index contributed by atoms with van der Waals surface area (Å²) < 4.78 is 29.1. The second kappa shape index (κ2) is 10.3. The first-order valence-corrected chi connectivity index (χ1v) is 12.7. The van der Waals surface area contributed by atoms with Gasteiger partial charge in [-0.25, -0.2) is 19.1 Å². The molecule has 3 amide bonds. The standard InChI is InChI=1S/C23H30N4O5S/c1-16(2)22(28)27(24)23(29)26-12-10-17(11-13-26)15-32-19-6-9-21(25-14-19)18-4-7-20(8-5-18)33(3,30)31/h4-9,14,16-17H,10-13,15,24H2,1-3H3. The molecule has 1 aliphatic rings. The number of nitrogens with two attached hydrogens (primary N) is 1. The van der Waals surface area contributed by atoms with Crippen molar-refractivity contribution in [1.29, 1.82) is 0 Å². The first-order valence-electron chi connectivity index (χ1n) is 10.8. The SMILES string of the molecule is CC(C)C(=O)N(N)C(=O)N1CCC(COc2ccc(-c3ccc(S(C)(=O)=O)cc3)nc2)CC1. The highest BCUT2D eigenvalue weighted by molar-refractivity contribution is 7.90. The normalized spacial score (nSPS) is 14.9. The topological polar surface area (TPSA) is 123 Å². The molecule has 10 heteroatoms. The Morgan fingerprint density at radius 3 is 2.30 bits per heavy atom. The molecule has 1 fully saturated rings. The summed E-state index contributed by atoms with van der Waals surface area (Å²) in [6.45, 7) is 4.95. The molecule has 178 valence electrons. The van der Waals surface area contributed by atoms with Crippen molar-refractivity contribution in [3.05, 3.63) is 42.6 Å². The number of hydrogen-bond donors (Lipinski definition) is 1. The van der Waals surface area contributed by atoms with Gasteiger partial charge in [-0.15, -0.1) is 0 Å². The van der Waals surface area contributed by atoms with Gasteiger partial charge in [-0.3, -0.25) is 9.78 Å². The molecule has 0 aliphatic carbocycles. The van der Waals surface area contributed by atoms with Gasteiger partial charge in [0.05, 0.1) is 23.4 Å². The maximum atomic E-state index is 12.4. The number of sulfone groups is 1. The van der Waals surface area contributed by atoms with Crippen molar-refractivity contribution in [2.24, 2.45) is 17.7 Å².